The Hall–Kier alpha value is -0.830. The second-order valence-electron chi connectivity index (χ2n) is 3.72. The van der Waals surface area contributed by atoms with Gasteiger partial charge in [0, 0.05) is 10.8 Å². The van der Waals surface area contributed by atoms with E-state index in [9.17, 15) is 9.18 Å². The zero-order chi connectivity index (χ0) is 12.0. The first-order valence-corrected chi connectivity index (χ1v) is 6.57. The lowest BCUT2D eigenvalue weighted by Crippen LogP contribution is -2.14. The maximum absolute atomic E-state index is 12.6. The number of benzene rings is 1. The van der Waals surface area contributed by atoms with E-state index in [2.05, 4.69) is 0 Å². The van der Waals surface area contributed by atoms with Crippen LogP contribution in [0.5, 0.6) is 0 Å². The van der Waals surface area contributed by atoms with Crippen molar-refractivity contribution in [1.82, 2.24) is 0 Å². The Balaban J connectivity index is 2.45. The summed E-state index contributed by atoms with van der Waals surface area (Å²) in [5, 5.41) is 0. The van der Waals surface area contributed by atoms with Gasteiger partial charge in [0.2, 0.25) is 0 Å². The number of rotatable bonds is 6. The van der Waals surface area contributed by atoms with Crippen LogP contribution in [0.25, 0.3) is 0 Å². The molecular weight excluding hydrogens is 223 g/mol. The van der Waals surface area contributed by atoms with Gasteiger partial charge in [0.1, 0.15) is 11.6 Å². The number of hydrogen-bond donors (Lipinski definition) is 0. The predicted octanol–water partition coefficient (Wildman–Crippen LogP) is 3.92. The smallest absolute Gasteiger partial charge is 0.146 e. The fourth-order valence-electron chi connectivity index (χ4n) is 1.55. The molecule has 0 radical (unpaired) electrons. The molecule has 0 bridgehead atoms. The van der Waals surface area contributed by atoms with Gasteiger partial charge in [0.05, 0.1) is 5.75 Å². The molecule has 0 aliphatic carbocycles. The van der Waals surface area contributed by atoms with Crippen LogP contribution in [0.3, 0.4) is 0 Å². The second-order valence-corrected chi connectivity index (χ2v) is 4.77. The number of hydrogen-bond acceptors (Lipinski definition) is 2. The molecule has 0 saturated carbocycles. The van der Waals surface area contributed by atoms with Gasteiger partial charge >= 0.3 is 0 Å². The lowest BCUT2D eigenvalue weighted by Gasteiger charge is -2.10. The van der Waals surface area contributed by atoms with E-state index in [-0.39, 0.29) is 11.7 Å². The quantitative estimate of drug-likeness (QED) is 0.701. The molecule has 16 heavy (non-hydrogen) atoms. The Morgan fingerprint density at radius 3 is 2.31 bits per heavy atom. The van der Waals surface area contributed by atoms with Gasteiger partial charge in [-0.05, 0) is 37.1 Å². The molecule has 0 heterocycles. The minimum atomic E-state index is -0.240. The number of thioether (sulfide) groups is 1. The lowest BCUT2D eigenvalue weighted by atomic mass is 10.00. The molecule has 88 valence electrons. The standard InChI is InChI=1S/C13H17FOS/c1-3-10(4-2)13(15)9-16-12-7-5-11(14)6-8-12/h5-8,10H,3-4,9H2,1-2H3. The third-order valence-electron chi connectivity index (χ3n) is 2.64. The van der Waals surface area contributed by atoms with Crippen molar-refractivity contribution >= 4 is 17.5 Å². The summed E-state index contributed by atoms with van der Waals surface area (Å²) in [6, 6.07) is 6.26. The van der Waals surface area contributed by atoms with E-state index in [1.165, 1.54) is 23.9 Å². The van der Waals surface area contributed by atoms with Crippen molar-refractivity contribution in [3.8, 4) is 0 Å². The maximum Gasteiger partial charge on any atom is 0.146 e. The number of halogens is 1. The van der Waals surface area contributed by atoms with Gasteiger partial charge in [-0.3, -0.25) is 4.79 Å². The summed E-state index contributed by atoms with van der Waals surface area (Å²) in [7, 11) is 0. The molecule has 0 aromatic heterocycles. The number of Topliss-reactive ketones (excluding diaryl/α,β-unsaturated/α-hetero) is 1. The third-order valence-corrected chi connectivity index (χ3v) is 3.67. The van der Waals surface area contributed by atoms with E-state index < -0.39 is 0 Å². The third kappa shape index (κ3) is 3.97. The monoisotopic (exact) mass is 240 g/mol. The molecule has 1 nitrogen and oxygen atoms in total. The zero-order valence-corrected chi connectivity index (χ0v) is 10.5. The second kappa shape index (κ2) is 6.69. The van der Waals surface area contributed by atoms with Gasteiger partial charge in [-0.1, -0.05) is 13.8 Å². The first-order chi connectivity index (χ1) is 7.67. The summed E-state index contributed by atoms with van der Waals surface area (Å²) in [5.74, 6) is 0.709. The molecule has 0 atom stereocenters. The minimum absolute atomic E-state index is 0.174. The molecule has 0 aliphatic heterocycles. The van der Waals surface area contributed by atoms with Gasteiger partial charge in [-0.25, -0.2) is 4.39 Å². The minimum Gasteiger partial charge on any atom is -0.298 e. The lowest BCUT2D eigenvalue weighted by molar-refractivity contribution is -0.120. The van der Waals surface area contributed by atoms with E-state index >= 15 is 0 Å². The highest BCUT2D eigenvalue weighted by molar-refractivity contribution is 8.00. The molecule has 1 aromatic rings. The van der Waals surface area contributed by atoms with Crippen molar-refractivity contribution in [3.05, 3.63) is 30.1 Å². The molecule has 3 heteroatoms. The van der Waals surface area contributed by atoms with Crippen LogP contribution in [0.2, 0.25) is 0 Å². The molecule has 0 unspecified atom stereocenters. The topological polar surface area (TPSA) is 17.1 Å². The van der Waals surface area contributed by atoms with Crippen molar-refractivity contribution in [2.24, 2.45) is 5.92 Å². The van der Waals surface area contributed by atoms with Gasteiger partial charge in [0.25, 0.3) is 0 Å². The van der Waals surface area contributed by atoms with E-state index in [1.807, 2.05) is 13.8 Å². The first kappa shape index (κ1) is 13.2. The van der Waals surface area contributed by atoms with E-state index in [0.29, 0.717) is 11.5 Å². The van der Waals surface area contributed by atoms with Crippen LogP contribution in [0.4, 0.5) is 4.39 Å². The van der Waals surface area contributed by atoms with E-state index in [4.69, 9.17) is 0 Å². The van der Waals surface area contributed by atoms with Gasteiger partial charge in [0.15, 0.2) is 0 Å². The Morgan fingerprint density at radius 2 is 1.81 bits per heavy atom. The van der Waals surface area contributed by atoms with Crippen LogP contribution in [-0.2, 0) is 4.79 Å². The highest BCUT2D eigenvalue weighted by atomic mass is 32.2. The highest BCUT2D eigenvalue weighted by Gasteiger charge is 2.13. The Kier molecular flexibility index (Phi) is 5.53. The highest BCUT2D eigenvalue weighted by Crippen LogP contribution is 2.20. The van der Waals surface area contributed by atoms with Crippen molar-refractivity contribution in [1.29, 1.82) is 0 Å². The summed E-state index contributed by atoms with van der Waals surface area (Å²) in [4.78, 5) is 12.7. The number of carbonyl (C=O) groups is 1. The summed E-state index contributed by atoms with van der Waals surface area (Å²) >= 11 is 1.48. The summed E-state index contributed by atoms with van der Waals surface area (Å²) in [5.41, 5.74) is 0. The SMILES string of the molecule is CCC(CC)C(=O)CSc1ccc(F)cc1. The molecule has 0 spiro atoms. The first-order valence-electron chi connectivity index (χ1n) is 5.58. The van der Waals surface area contributed by atoms with Crippen LogP contribution < -0.4 is 0 Å². The molecule has 0 saturated heterocycles. The van der Waals surface area contributed by atoms with Crippen molar-refractivity contribution in [2.45, 2.75) is 31.6 Å². The van der Waals surface area contributed by atoms with Gasteiger partial charge < -0.3 is 0 Å². The van der Waals surface area contributed by atoms with Crippen LogP contribution in [-0.4, -0.2) is 11.5 Å². The molecular formula is C13H17FOS. The van der Waals surface area contributed by atoms with Crippen molar-refractivity contribution < 1.29 is 9.18 Å². The van der Waals surface area contributed by atoms with Crippen LogP contribution >= 0.6 is 11.8 Å². The molecule has 0 N–H and O–H groups in total. The maximum atomic E-state index is 12.6. The fraction of sp³-hybridized carbons (Fsp3) is 0.462. The van der Waals surface area contributed by atoms with Crippen molar-refractivity contribution in [2.75, 3.05) is 5.75 Å². The van der Waals surface area contributed by atoms with E-state index in [0.717, 1.165) is 17.7 Å². The average Bonchev–Trinajstić information content (AvgIpc) is 2.30. The van der Waals surface area contributed by atoms with Crippen molar-refractivity contribution in [3.63, 3.8) is 0 Å². The van der Waals surface area contributed by atoms with Gasteiger partial charge in [-0.15, -0.1) is 11.8 Å². The molecule has 1 aromatic carbocycles. The summed E-state index contributed by atoms with van der Waals surface area (Å²) < 4.78 is 12.6. The number of carbonyl (C=O) groups excluding carboxylic acids is 1. The average molecular weight is 240 g/mol. The molecule has 0 amide bonds. The largest absolute Gasteiger partial charge is 0.298 e. The summed E-state index contributed by atoms with van der Waals surface area (Å²) in [6.45, 7) is 4.07. The van der Waals surface area contributed by atoms with Crippen LogP contribution in [0.1, 0.15) is 26.7 Å². The molecule has 0 fully saturated rings. The van der Waals surface area contributed by atoms with Gasteiger partial charge in [-0.2, -0.15) is 0 Å². The molecule has 1 rings (SSSR count). The van der Waals surface area contributed by atoms with Crippen LogP contribution in [0.15, 0.2) is 29.2 Å². The Morgan fingerprint density at radius 1 is 1.25 bits per heavy atom. The Bertz CT molecular complexity index is 330. The normalized spacial score (nSPS) is 10.8. The zero-order valence-electron chi connectivity index (χ0n) is 9.70. The van der Waals surface area contributed by atoms with E-state index in [1.54, 1.807) is 12.1 Å². The molecule has 0 aliphatic rings. The van der Waals surface area contributed by atoms with Crippen LogP contribution in [0, 0.1) is 11.7 Å². The number of ketones is 1. The summed E-state index contributed by atoms with van der Waals surface area (Å²) in [6.07, 6.45) is 1.80. The Labute approximate surface area is 100 Å². The fourth-order valence-corrected chi connectivity index (χ4v) is 2.42. The predicted molar refractivity (Wildman–Crippen MR) is 66.2 cm³/mol.